The molecule has 1 aromatic heterocycles. The number of benzene rings is 2. The average Bonchev–Trinajstić information content (AvgIpc) is 3.21. The number of aromatic nitrogens is 1. The predicted octanol–water partition coefficient (Wildman–Crippen LogP) is 4.91. The molecule has 1 amide bonds. The highest BCUT2D eigenvalue weighted by atomic mass is 32.2. The molecule has 1 atom stereocenters. The number of likely N-dealkylation sites (tertiary alicyclic amines) is 1. The van der Waals surface area contributed by atoms with Gasteiger partial charge >= 0.3 is 0 Å². The van der Waals surface area contributed by atoms with Gasteiger partial charge in [0.1, 0.15) is 18.2 Å². The van der Waals surface area contributed by atoms with Crippen LogP contribution < -0.4 is 9.47 Å². The van der Waals surface area contributed by atoms with Crippen molar-refractivity contribution in [1.29, 1.82) is 0 Å². The van der Waals surface area contributed by atoms with E-state index in [1.165, 1.54) is 4.70 Å². The number of para-hydroxylation sites is 1. The first-order valence-corrected chi connectivity index (χ1v) is 11.8. The lowest BCUT2D eigenvalue weighted by Crippen LogP contribution is -2.39. The van der Waals surface area contributed by atoms with Crippen molar-refractivity contribution in [3.8, 4) is 11.5 Å². The molecule has 7 heteroatoms. The van der Waals surface area contributed by atoms with Crippen LogP contribution in [0.3, 0.4) is 0 Å². The maximum atomic E-state index is 13.1. The van der Waals surface area contributed by atoms with Gasteiger partial charge < -0.3 is 14.4 Å². The molecule has 0 radical (unpaired) electrons. The van der Waals surface area contributed by atoms with Gasteiger partial charge in [0.25, 0.3) is 0 Å². The summed E-state index contributed by atoms with van der Waals surface area (Å²) in [6, 6.07) is 14.2. The molecule has 1 fully saturated rings. The monoisotopic (exact) mass is 426 g/mol. The van der Waals surface area contributed by atoms with Gasteiger partial charge in [-0.3, -0.25) is 4.79 Å². The largest absolute Gasteiger partial charge is 0.486 e. The third-order valence-electron chi connectivity index (χ3n) is 5.29. The lowest BCUT2D eigenvalue weighted by atomic mass is 10.0. The maximum absolute atomic E-state index is 13.1. The van der Waals surface area contributed by atoms with E-state index in [-0.39, 0.29) is 11.9 Å². The molecule has 0 N–H and O–H groups in total. The smallest absolute Gasteiger partial charge is 0.233 e. The van der Waals surface area contributed by atoms with E-state index in [4.69, 9.17) is 14.5 Å². The molecule has 5 rings (SSSR count). The second-order valence-electron chi connectivity index (χ2n) is 7.21. The van der Waals surface area contributed by atoms with Gasteiger partial charge in [-0.05, 0) is 49.6 Å². The van der Waals surface area contributed by atoms with Crippen LogP contribution in [-0.4, -0.2) is 41.3 Å². The molecular formula is C22H22N2O3S2. The van der Waals surface area contributed by atoms with Gasteiger partial charge in [0.15, 0.2) is 11.5 Å². The van der Waals surface area contributed by atoms with Crippen LogP contribution in [0.1, 0.15) is 30.3 Å². The number of hydrogen-bond acceptors (Lipinski definition) is 6. The second kappa shape index (κ2) is 8.24. The Kier molecular flexibility index (Phi) is 5.33. The van der Waals surface area contributed by atoms with Crippen molar-refractivity contribution in [1.82, 2.24) is 9.88 Å². The number of fused-ring (bicyclic) bond motifs is 2. The highest BCUT2D eigenvalue weighted by molar-refractivity contribution is 8.00. The van der Waals surface area contributed by atoms with Crippen molar-refractivity contribution in [3.63, 3.8) is 0 Å². The van der Waals surface area contributed by atoms with Crippen molar-refractivity contribution in [3.05, 3.63) is 47.5 Å². The normalized spacial score (nSPS) is 18.8. The Morgan fingerprint density at radius 3 is 2.90 bits per heavy atom. The molecule has 0 spiro atoms. The van der Waals surface area contributed by atoms with E-state index in [9.17, 15) is 4.79 Å². The van der Waals surface area contributed by atoms with Crippen molar-refractivity contribution in [2.24, 2.45) is 0 Å². The van der Waals surface area contributed by atoms with Crippen LogP contribution in [0.4, 0.5) is 0 Å². The fourth-order valence-corrected chi connectivity index (χ4v) is 5.79. The SMILES string of the molecule is O=C(CSc1ccc2c(c1)OCCO2)N1CCCCC1c1nc2ccccc2s1. The second-order valence-corrected chi connectivity index (χ2v) is 9.32. The van der Waals surface area contributed by atoms with E-state index in [1.807, 2.05) is 41.3 Å². The molecule has 2 aliphatic heterocycles. The summed E-state index contributed by atoms with van der Waals surface area (Å²) in [4.78, 5) is 21.0. The lowest BCUT2D eigenvalue weighted by molar-refractivity contribution is -0.132. The molecule has 5 nitrogen and oxygen atoms in total. The Hall–Kier alpha value is -2.25. The van der Waals surface area contributed by atoms with Crippen molar-refractivity contribution >= 4 is 39.2 Å². The standard InChI is InChI=1S/C22H22N2O3S2/c25-21(14-28-15-8-9-18-19(13-15)27-12-11-26-18)24-10-4-3-6-17(24)22-23-16-5-1-2-7-20(16)29-22/h1-2,5,7-9,13,17H,3-4,6,10-12,14H2. The summed E-state index contributed by atoms with van der Waals surface area (Å²) < 4.78 is 12.4. The summed E-state index contributed by atoms with van der Waals surface area (Å²) in [5.41, 5.74) is 1.02. The molecule has 0 saturated carbocycles. The van der Waals surface area contributed by atoms with Gasteiger partial charge in [-0.15, -0.1) is 23.1 Å². The Morgan fingerprint density at radius 1 is 1.14 bits per heavy atom. The number of thiazole rings is 1. The molecule has 2 aliphatic rings. The summed E-state index contributed by atoms with van der Waals surface area (Å²) in [7, 11) is 0. The van der Waals surface area contributed by atoms with Crippen LogP contribution in [0.5, 0.6) is 11.5 Å². The van der Waals surface area contributed by atoms with Crippen LogP contribution in [0.2, 0.25) is 0 Å². The van der Waals surface area contributed by atoms with E-state index in [0.717, 1.165) is 52.7 Å². The summed E-state index contributed by atoms with van der Waals surface area (Å²) in [6.07, 6.45) is 3.18. The molecule has 2 aromatic carbocycles. The number of carbonyl (C=O) groups is 1. The molecule has 1 saturated heterocycles. The summed E-state index contributed by atoms with van der Waals surface area (Å²) in [6.45, 7) is 1.96. The fraction of sp³-hybridized carbons (Fsp3) is 0.364. The quantitative estimate of drug-likeness (QED) is 0.555. The number of thioether (sulfide) groups is 1. The summed E-state index contributed by atoms with van der Waals surface area (Å²) >= 11 is 3.27. The Morgan fingerprint density at radius 2 is 2.00 bits per heavy atom. The maximum Gasteiger partial charge on any atom is 0.233 e. The first-order valence-electron chi connectivity index (χ1n) is 9.95. The van der Waals surface area contributed by atoms with Gasteiger partial charge in [0, 0.05) is 11.4 Å². The number of ether oxygens (including phenoxy) is 2. The van der Waals surface area contributed by atoms with Crippen LogP contribution in [0, 0.1) is 0 Å². The zero-order chi connectivity index (χ0) is 19.6. The highest BCUT2D eigenvalue weighted by Gasteiger charge is 2.30. The van der Waals surface area contributed by atoms with Gasteiger partial charge in [0.05, 0.1) is 22.0 Å². The number of nitrogens with zero attached hydrogens (tertiary/aromatic N) is 2. The van der Waals surface area contributed by atoms with Gasteiger partial charge in [-0.1, -0.05) is 12.1 Å². The molecule has 0 bridgehead atoms. The van der Waals surface area contributed by atoms with Crippen LogP contribution in [-0.2, 0) is 4.79 Å². The van der Waals surface area contributed by atoms with Crippen molar-refractivity contribution in [2.45, 2.75) is 30.2 Å². The minimum Gasteiger partial charge on any atom is -0.486 e. The van der Waals surface area contributed by atoms with Gasteiger partial charge in [-0.25, -0.2) is 4.98 Å². The average molecular weight is 427 g/mol. The predicted molar refractivity (Wildman–Crippen MR) is 116 cm³/mol. The molecule has 3 aromatic rings. The van der Waals surface area contributed by atoms with Gasteiger partial charge in [0.2, 0.25) is 5.91 Å². The van der Waals surface area contributed by atoms with Crippen molar-refractivity contribution in [2.75, 3.05) is 25.5 Å². The van der Waals surface area contributed by atoms with E-state index in [1.54, 1.807) is 23.1 Å². The third-order valence-corrected chi connectivity index (χ3v) is 7.41. The molecule has 150 valence electrons. The topological polar surface area (TPSA) is 51.7 Å². The molecular weight excluding hydrogens is 404 g/mol. The zero-order valence-corrected chi connectivity index (χ0v) is 17.6. The molecule has 3 heterocycles. The minimum absolute atomic E-state index is 0.0921. The first-order chi connectivity index (χ1) is 14.3. The number of amides is 1. The van der Waals surface area contributed by atoms with Gasteiger partial charge in [-0.2, -0.15) is 0 Å². The summed E-state index contributed by atoms with van der Waals surface area (Å²) in [5.74, 6) is 2.13. The number of carbonyl (C=O) groups excluding carboxylic acids is 1. The van der Waals surface area contributed by atoms with E-state index < -0.39 is 0 Å². The Balaban J connectivity index is 1.29. The Bertz CT molecular complexity index is 1000. The molecule has 29 heavy (non-hydrogen) atoms. The van der Waals surface area contributed by atoms with Crippen LogP contribution in [0.15, 0.2) is 47.4 Å². The summed E-state index contributed by atoms with van der Waals surface area (Å²) in [5, 5.41) is 1.06. The number of hydrogen-bond donors (Lipinski definition) is 0. The zero-order valence-electron chi connectivity index (χ0n) is 16.0. The first kappa shape index (κ1) is 18.8. The van der Waals surface area contributed by atoms with Crippen LogP contribution >= 0.6 is 23.1 Å². The third kappa shape index (κ3) is 3.94. The lowest BCUT2D eigenvalue weighted by Gasteiger charge is -2.34. The minimum atomic E-state index is 0.0921. The number of piperidine rings is 1. The Labute approximate surface area is 178 Å². The van der Waals surface area contributed by atoms with Crippen LogP contribution in [0.25, 0.3) is 10.2 Å². The van der Waals surface area contributed by atoms with E-state index in [0.29, 0.717) is 19.0 Å². The molecule has 1 unspecified atom stereocenters. The highest BCUT2D eigenvalue weighted by Crippen LogP contribution is 2.37. The van der Waals surface area contributed by atoms with Crippen molar-refractivity contribution < 1.29 is 14.3 Å². The van der Waals surface area contributed by atoms with E-state index >= 15 is 0 Å². The number of rotatable bonds is 4. The fourth-order valence-electron chi connectivity index (χ4n) is 3.86. The van der Waals surface area contributed by atoms with E-state index in [2.05, 4.69) is 6.07 Å². The molecule has 0 aliphatic carbocycles.